The predicted octanol–water partition coefficient (Wildman–Crippen LogP) is -1.28. The van der Waals surface area contributed by atoms with Crippen molar-refractivity contribution in [3.63, 3.8) is 0 Å². The average molecular weight is 238 g/mol. The van der Waals surface area contributed by atoms with Gasteiger partial charge in [0.05, 0.1) is 0 Å². The van der Waals surface area contributed by atoms with Crippen molar-refractivity contribution in [3.8, 4) is 0 Å². The van der Waals surface area contributed by atoms with Crippen LogP contribution >= 0.6 is 0 Å². The Bertz CT molecular complexity index is 6.00. The molecule has 0 bridgehead atoms. The Morgan fingerprint density at radius 2 is 0.750 bits per heavy atom. The third-order valence-corrected chi connectivity index (χ3v) is 0. The van der Waals surface area contributed by atoms with E-state index in [9.17, 15) is 0 Å². The average Bonchev–Trinajstić information content (AvgIpc) is 0. The molecule has 4 heteroatoms. The molecule has 0 unspecified atom stereocenters. The van der Waals surface area contributed by atoms with Gasteiger partial charge >= 0.3 is 0 Å². The summed E-state index contributed by atoms with van der Waals surface area (Å²) in [5, 5.41) is 0. The van der Waals surface area contributed by atoms with Gasteiger partial charge in [0.1, 0.15) is 0 Å². The van der Waals surface area contributed by atoms with Crippen LogP contribution in [0.1, 0.15) is 0 Å². The summed E-state index contributed by atoms with van der Waals surface area (Å²) in [6.07, 6.45) is 0. The predicted molar refractivity (Wildman–Crippen MR) is 13.2 cm³/mol. The second-order valence-electron chi connectivity index (χ2n) is 0. The fourth-order valence-electron chi connectivity index (χ4n) is 0. The molecule has 0 amide bonds. The van der Waals surface area contributed by atoms with Crippen LogP contribution in [0.5, 0.6) is 0 Å². The number of hydrogen-bond donors (Lipinski definition) is 1. The molecule has 30 valence electrons. The molecule has 0 heterocycles. The second-order valence-corrected chi connectivity index (χ2v) is 0. The molecule has 0 aromatic heterocycles. The molecule has 0 aromatic carbocycles. The van der Waals surface area contributed by atoms with Crippen molar-refractivity contribution >= 4 is 0 Å². The Hall–Kier alpha value is 0.568. The fourth-order valence-corrected chi connectivity index (χ4v) is 0. The minimum absolute atomic E-state index is 0. The van der Waals surface area contributed by atoms with Gasteiger partial charge in [0, 0.05) is 21.1 Å². The van der Waals surface area contributed by atoms with Crippen LogP contribution in [-0.2, 0) is 21.1 Å². The third-order valence-electron chi connectivity index (χ3n) is 0. The normalized spacial score (nSPS) is 0. The molecule has 0 radical (unpaired) electrons. The quantitative estimate of drug-likeness (QED) is 0.543. The van der Waals surface area contributed by atoms with Crippen LogP contribution in [0.4, 0.5) is 0 Å². The van der Waals surface area contributed by atoms with Gasteiger partial charge in [-0.3, -0.25) is 0 Å². The van der Waals surface area contributed by atoms with Crippen LogP contribution in [0.2, 0.25) is 0 Å². The molecule has 8 N–H and O–H groups in total. The first kappa shape index (κ1) is 180. The fraction of sp³-hybridized carbons (Fsp3) is 0. The zero-order valence-electron chi connectivity index (χ0n) is 2.41. The van der Waals surface area contributed by atoms with Crippen LogP contribution in [0, 0.1) is 0 Å². The summed E-state index contributed by atoms with van der Waals surface area (Å²) >= 11 is 0. The molecular weight excluding hydrogens is 230 g/mol. The van der Waals surface area contributed by atoms with E-state index in [1.165, 1.54) is 0 Å². The molecule has 0 rings (SSSR count). The zero-order valence-corrected chi connectivity index (χ0v) is 5.34. The molecule has 0 aromatic rings. The Morgan fingerprint density at radius 1 is 0.750 bits per heavy atom. The summed E-state index contributed by atoms with van der Waals surface area (Å²) in [5.41, 5.74) is 0. The molecule has 4 heavy (non-hydrogen) atoms. The Labute approximate surface area is 38.9 Å². The summed E-state index contributed by atoms with van der Waals surface area (Å²) < 4.78 is 0. The van der Waals surface area contributed by atoms with Gasteiger partial charge in [0.25, 0.3) is 0 Å². The number of quaternary nitrogens is 1. The van der Waals surface area contributed by atoms with Gasteiger partial charge in [0.15, 0.2) is 0 Å². The van der Waals surface area contributed by atoms with E-state index in [1.54, 1.807) is 0 Å². The van der Waals surface area contributed by atoms with Gasteiger partial charge in [-0.2, -0.15) is 0 Å². The first-order chi connectivity index (χ1) is 0. The van der Waals surface area contributed by atoms with Crippen molar-refractivity contribution in [1.82, 2.24) is 6.15 Å². The number of rotatable bonds is 0. The third kappa shape index (κ3) is 19.6. The minimum atomic E-state index is 0. The largest absolute Gasteiger partial charge is 0.412 e. The van der Waals surface area contributed by atoms with Gasteiger partial charge in [-0.25, -0.2) is 0 Å². The zero-order chi connectivity index (χ0) is 0. The molecule has 0 saturated heterocycles. The first-order valence-electron chi connectivity index (χ1n) is 0. The summed E-state index contributed by atoms with van der Waals surface area (Å²) in [4.78, 5) is 0. The Balaban J connectivity index is 0. The van der Waals surface area contributed by atoms with Crippen molar-refractivity contribution in [3.05, 3.63) is 0 Å². The van der Waals surface area contributed by atoms with E-state index in [1.807, 2.05) is 0 Å². The van der Waals surface area contributed by atoms with E-state index in [-0.39, 0.29) is 38.2 Å². The summed E-state index contributed by atoms with van der Waals surface area (Å²) in [5.74, 6) is 0. The first-order valence-corrected chi connectivity index (χ1v) is 0. The number of hydrogen-bond acceptors (Lipinski definition) is 0. The van der Waals surface area contributed by atoms with Gasteiger partial charge in [-0.15, -0.1) is 0 Å². The summed E-state index contributed by atoms with van der Waals surface area (Å²) in [6.45, 7) is 0. The molecule has 0 aliphatic heterocycles. The van der Waals surface area contributed by atoms with Crippen LogP contribution in [0.15, 0.2) is 0 Å². The van der Waals surface area contributed by atoms with Crippen LogP contribution in [0.25, 0.3) is 0 Å². The maximum Gasteiger partial charge on any atom is 0 e. The van der Waals surface area contributed by atoms with Crippen LogP contribution < -0.4 is 6.15 Å². The van der Waals surface area contributed by atoms with E-state index in [2.05, 4.69) is 0 Å². The summed E-state index contributed by atoms with van der Waals surface area (Å²) in [6, 6.07) is 0. The second kappa shape index (κ2) is 72.9. The van der Waals surface area contributed by atoms with Crippen molar-refractivity contribution in [2.45, 2.75) is 0 Å². The molecular formula is H8NO2W+. The van der Waals surface area contributed by atoms with Crippen molar-refractivity contribution < 1.29 is 32.0 Å². The minimum Gasteiger partial charge on any atom is -0.412 e. The van der Waals surface area contributed by atoms with E-state index in [0.29, 0.717) is 0 Å². The van der Waals surface area contributed by atoms with Gasteiger partial charge in [-0.05, 0) is 0 Å². The molecule has 0 aliphatic carbocycles. The standard InChI is InChI=1S/H3N.2H2O.W/h1H3;2*1H2;/p+1. The van der Waals surface area contributed by atoms with Crippen molar-refractivity contribution in [2.24, 2.45) is 0 Å². The molecule has 0 aliphatic rings. The van der Waals surface area contributed by atoms with Crippen LogP contribution in [0.3, 0.4) is 0 Å². The maximum absolute atomic E-state index is 0. The van der Waals surface area contributed by atoms with Crippen molar-refractivity contribution in [1.29, 1.82) is 0 Å². The van der Waals surface area contributed by atoms with E-state index < -0.39 is 0 Å². The summed E-state index contributed by atoms with van der Waals surface area (Å²) in [7, 11) is 0. The SMILES string of the molecule is O.O.[NH4+].[W]. The monoisotopic (exact) mass is 238 g/mol. The molecule has 0 atom stereocenters. The molecule has 0 fully saturated rings. The van der Waals surface area contributed by atoms with Gasteiger partial charge in [-0.1, -0.05) is 0 Å². The van der Waals surface area contributed by atoms with E-state index in [4.69, 9.17) is 0 Å². The maximum atomic E-state index is 0. The molecule has 3 nitrogen and oxygen atoms in total. The van der Waals surface area contributed by atoms with Gasteiger partial charge < -0.3 is 17.1 Å². The van der Waals surface area contributed by atoms with E-state index in [0.717, 1.165) is 0 Å². The van der Waals surface area contributed by atoms with Crippen LogP contribution in [-0.4, -0.2) is 11.0 Å². The Kier molecular flexibility index (Phi) is 3280. The molecule has 0 spiro atoms. The molecule has 0 saturated carbocycles. The van der Waals surface area contributed by atoms with E-state index >= 15 is 0 Å². The van der Waals surface area contributed by atoms with Gasteiger partial charge in [0.2, 0.25) is 0 Å². The van der Waals surface area contributed by atoms with Crippen molar-refractivity contribution in [2.75, 3.05) is 0 Å². The Morgan fingerprint density at radius 3 is 0.750 bits per heavy atom. The topological polar surface area (TPSA) is 99.5 Å². The smallest absolute Gasteiger partial charge is 0 e.